The monoisotopic (exact) mass is 258 g/mol. The molecule has 1 aromatic heterocycles. The highest BCUT2D eigenvalue weighted by Gasteiger charge is 2.13. The number of H-pyrrole nitrogens is 1. The summed E-state index contributed by atoms with van der Waals surface area (Å²) in [6.45, 7) is 3.73. The van der Waals surface area contributed by atoms with Crippen molar-refractivity contribution < 1.29 is 0 Å². The van der Waals surface area contributed by atoms with Gasteiger partial charge in [-0.05, 0) is 6.92 Å². The van der Waals surface area contributed by atoms with Gasteiger partial charge in [-0.2, -0.15) is 0 Å². The fraction of sp³-hybridized carbons (Fsp3) is 0.500. The highest BCUT2D eigenvalue weighted by molar-refractivity contribution is 5.85. The Labute approximate surface area is 104 Å². The summed E-state index contributed by atoms with van der Waals surface area (Å²) in [7, 11) is 1.94. The van der Waals surface area contributed by atoms with Crippen LogP contribution in [-0.4, -0.2) is 40.4 Å². The van der Waals surface area contributed by atoms with E-state index >= 15 is 0 Å². The van der Waals surface area contributed by atoms with Crippen molar-refractivity contribution in [3.05, 3.63) is 32.6 Å². The molecule has 0 fully saturated rings. The zero-order chi connectivity index (χ0) is 11.7. The smallest absolute Gasteiger partial charge is 0.328 e. The van der Waals surface area contributed by atoms with Crippen LogP contribution in [-0.2, 0) is 6.54 Å². The number of likely N-dealkylation sites (N-methyl/N-ethyl adjacent to an activating group) is 1. The lowest BCUT2D eigenvalue weighted by Crippen LogP contribution is -2.35. The first-order valence-electron chi connectivity index (χ1n) is 5.13. The van der Waals surface area contributed by atoms with E-state index < -0.39 is 5.69 Å². The van der Waals surface area contributed by atoms with Crippen molar-refractivity contribution in [3.63, 3.8) is 0 Å². The van der Waals surface area contributed by atoms with E-state index in [9.17, 15) is 9.59 Å². The second kappa shape index (κ2) is 5.18. The number of nitrogens with zero attached hydrogens (tertiary/aromatic N) is 3. The molecule has 1 aliphatic rings. The van der Waals surface area contributed by atoms with Crippen molar-refractivity contribution in [3.8, 4) is 0 Å². The Morgan fingerprint density at radius 2 is 2.18 bits per heavy atom. The highest BCUT2D eigenvalue weighted by atomic mass is 35.5. The van der Waals surface area contributed by atoms with Crippen molar-refractivity contribution in [2.45, 2.75) is 13.5 Å². The summed E-state index contributed by atoms with van der Waals surface area (Å²) in [6, 6.07) is 0. The van der Waals surface area contributed by atoms with E-state index in [0.29, 0.717) is 12.1 Å². The van der Waals surface area contributed by atoms with Crippen LogP contribution in [0.3, 0.4) is 0 Å². The summed E-state index contributed by atoms with van der Waals surface area (Å²) in [5.74, 6) is 0.869. The van der Waals surface area contributed by atoms with Crippen LogP contribution in [0.2, 0.25) is 0 Å². The second-order valence-electron chi connectivity index (χ2n) is 3.92. The highest BCUT2D eigenvalue weighted by Crippen LogP contribution is 1.99. The maximum atomic E-state index is 11.5. The predicted octanol–water partition coefficient (Wildman–Crippen LogP) is -0.389. The lowest BCUT2D eigenvalue weighted by molar-refractivity contribution is 0.534. The van der Waals surface area contributed by atoms with Crippen molar-refractivity contribution in [2.24, 2.45) is 4.99 Å². The van der Waals surface area contributed by atoms with Gasteiger partial charge in [0.1, 0.15) is 5.84 Å². The van der Waals surface area contributed by atoms with E-state index in [0.717, 1.165) is 18.9 Å². The average molecular weight is 259 g/mol. The molecule has 0 aliphatic carbocycles. The Kier molecular flexibility index (Phi) is 4.11. The molecule has 0 bridgehead atoms. The summed E-state index contributed by atoms with van der Waals surface area (Å²) in [5.41, 5.74) is -0.192. The fourth-order valence-electron chi connectivity index (χ4n) is 1.64. The summed E-state index contributed by atoms with van der Waals surface area (Å²) in [6.07, 6.45) is 1.57. The Balaban J connectivity index is 0.00000144. The number of hydrogen-bond donors (Lipinski definition) is 1. The number of rotatable bonds is 2. The van der Waals surface area contributed by atoms with E-state index in [1.165, 1.54) is 4.57 Å². The minimum Gasteiger partial charge on any atom is -0.360 e. The molecule has 94 valence electrons. The van der Waals surface area contributed by atoms with Crippen LogP contribution in [0.1, 0.15) is 5.56 Å². The normalized spacial score (nSPS) is 14.5. The van der Waals surface area contributed by atoms with Crippen molar-refractivity contribution in [2.75, 3.05) is 20.1 Å². The van der Waals surface area contributed by atoms with E-state index in [1.54, 1.807) is 13.1 Å². The van der Waals surface area contributed by atoms with Gasteiger partial charge in [-0.3, -0.25) is 19.3 Å². The van der Waals surface area contributed by atoms with Gasteiger partial charge in [0, 0.05) is 25.4 Å². The van der Waals surface area contributed by atoms with Crippen LogP contribution in [0.25, 0.3) is 0 Å². The van der Waals surface area contributed by atoms with Crippen LogP contribution < -0.4 is 11.2 Å². The maximum Gasteiger partial charge on any atom is 0.328 e. The van der Waals surface area contributed by atoms with Gasteiger partial charge in [-0.1, -0.05) is 0 Å². The quantitative estimate of drug-likeness (QED) is 0.786. The Morgan fingerprint density at radius 1 is 1.47 bits per heavy atom. The van der Waals surface area contributed by atoms with Gasteiger partial charge in [-0.15, -0.1) is 12.4 Å². The molecule has 0 atom stereocenters. The maximum absolute atomic E-state index is 11.5. The number of nitrogens with one attached hydrogen (secondary N) is 1. The largest absolute Gasteiger partial charge is 0.360 e. The molecule has 0 radical (unpaired) electrons. The SMILES string of the molecule is Cc1cn(CC2=NCCN2C)c(=O)[nH]c1=O.Cl. The standard InChI is InChI=1S/C10H14N4O2.ClH/c1-7-5-14(10(16)12-9(7)15)6-8-11-3-4-13(8)2;/h5H,3-4,6H2,1-2H3,(H,12,15,16);1H. The van der Waals surface area contributed by atoms with Crippen molar-refractivity contribution in [1.82, 2.24) is 14.5 Å². The molecule has 17 heavy (non-hydrogen) atoms. The first kappa shape index (κ1) is 13.5. The van der Waals surface area contributed by atoms with Gasteiger partial charge in [0.05, 0.1) is 13.1 Å². The zero-order valence-electron chi connectivity index (χ0n) is 9.77. The Morgan fingerprint density at radius 3 is 2.76 bits per heavy atom. The zero-order valence-corrected chi connectivity index (χ0v) is 10.6. The van der Waals surface area contributed by atoms with E-state index in [2.05, 4.69) is 9.98 Å². The topological polar surface area (TPSA) is 70.5 Å². The van der Waals surface area contributed by atoms with Crippen LogP contribution >= 0.6 is 12.4 Å². The minimum atomic E-state index is -0.390. The van der Waals surface area contributed by atoms with Crippen molar-refractivity contribution >= 4 is 18.2 Å². The minimum absolute atomic E-state index is 0. The van der Waals surface area contributed by atoms with Crippen LogP contribution in [0.4, 0.5) is 0 Å². The molecule has 0 amide bonds. The van der Waals surface area contributed by atoms with E-state index in [1.807, 2.05) is 11.9 Å². The summed E-state index contributed by atoms with van der Waals surface area (Å²) >= 11 is 0. The molecule has 0 saturated heterocycles. The van der Waals surface area contributed by atoms with Crippen LogP contribution in [0.15, 0.2) is 20.8 Å². The second-order valence-corrected chi connectivity index (χ2v) is 3.92. The van der Waals surface area contributed by atoms with Gasteiger partial charge >= 0.3 is 5.69 Å². The molecule has 0 aromatic carbocycles. The first-order valence-corrected chi connectivity index (χ1v) is 5.13. The van der Waals surface area contributed by atoms with Gasteiger partial charge in [0.25, 0.3) is 5.56 Å². The van der Waals surface area contributed by atoms with Gasteiger partial charge in [-0.25, -0.2) is 4.79 Å². The molecule has 2 rings (SSSR count). The third-order valence-electron chi connectivity index (χ3n) is 2.67. The number of aromatic nitrogens is 2. The molecule has 0 spiro atoms. The Hall–Kier alpha value is -1.56. The first-order chi connectivity index (χ1) is 7.58. The summed E-state index contributed by atoms with van der Waals surface area (Å²) < 4.78 is 1.47. The fourth-order valence-corrected chi connectivity index (χ4v) is 1.64. The average Bonchev–Trinajstić information content (AvgIpc) is 2.61. The summed E-state index contributed by atoms with van der Waals surface area (Å²) in [5, 5.41) is 0. The predicted molar refractivity (Wildman–Crippen MR) is 68.2 cm³/mol. The molecular formula is C10H15ClN4O2. The Bertz CT molecular complexity index is 546. The number of aryl methyl sites for hydroxylation is 1. The molecule has 0 saturated carbocycles. The van der Waals surface area contributed by atoms with E-state index in [-0.39, 0.29) is 18.0 Å². The molecule has 1 N–H and O–H groups in total. The van der Waals surface area contributed by atoms with Crippen LogP contribution in [0.5, 0.6) is 0 Å². The number of hydrogen-bond acceptors (Lipinski definition) is 4. The molecule has 0 unspecified atom stereocenters. The van der Waals surface area contributed by atoms with Gasteiger partial charge in [0.15, 0.2) is 0 Å². The molecular weight excluding hydrogens is 244 g/mol. The third-order valence-corrected chi connectivity index (χ3v) is 2.67. The lowest BCUT2D eigenvalue weighted by atomic mass is 10.4. The third kappa shape index (κ3) is 2.76. The molecule has 2 heterocycles. The lowest BCUT2D eigenvalue weighted by Gasteiger charge is -2.14. The number of aromatic amines is 1. The van der Waals surface area contributed by atoms with Gasteiger partial charge < -0.3 is 4.90 Å². The van der Waals surface area contributed by atoms with Gasteiger partial charge in [0.2, 0.25) is 0 Å². The number of aliphatic imine (C=N–C) groups is 1. The number of halogens is 1. The molecule has 1 aromatic rings. The molecule has 7 heteroatoms. The van der Waals surface area contributed by atoms with Crippen molar-refractivity contribution in [1.29, 1.82) is 0 Å². The number of amidine groups is 1. The van der Waals surface area contributed by atoms with E-state index in [4.69, 9.17) is 0 Å². The molecule has 1 aliphatic heterocycles. The van der Waals surface area contributed by atoms with Crippen LogP contribution in [0, 0.1) is 6.92 Å². The molecule has 6 nitrogen and oxygen atoms in total. The summed E-state index contributed by atoms with van der Waals surface area (Å²) in [4.78, 5) is 31.3.